The van der Waals surface area contributed by atoms with Crippen LogP contribution in [0.15, 0.2) is 34.2 Å². The third-order valence-corrected chi connectivity index (χ3v) is 5.49. The SMILES string of the molecule is O=c1c2ccccc2nc2n1CC(CI)S2. The van der Waals surface area contributed by atoms with Crippen molar-refractivity contribution in [3.8, 4) is 0 Å². The Morgan fingerprint density at radius 3 is 3.12 bits per heavy atom. The van der Waals surface area contributed by atoms with Gasteiger partial charge >= 0.3 is 0 Å². The zero-order valence-electron chi connectivity index (χ0n) is 8.39. The van der Waals surface area contributed by atoms with E-state index in [1.165, 1.54) is 0 Å². The molecule has 16 heavy (non-hydrogen) atoms. The highest BCUT2D eigenvalue weighted by atomic mass is 127. The fourth-order valence-corrected chi connectivity index (χ4v) is 3.71. The zero-order valence-corrected chi connectivity index (χ0v) is 11.4. The van der Waals surface area contributed by atoms with Crippen molar-refractivity contribution < 1.29 is 0 Å². The molecule has 0 saturated heterocycles. The first-order valence-electron chi connectivity index (χ1n) is 5.02. The molecule has 1 atom stereocenters. The van der Waals surface area contributed by atoms with Crippen molar-refractivity contribution in [1.82, 2.24) is 9.55 Å². The van der Waals surface area contributed by atoms with Crippen LogP contribution in [0.5, 0.6) is 0 Å². The Morgan fingerprint density at radius 2 is 2.31 bits per heavy atom. The highest BCUT2D eigenvalue weighted by Crippen LogP contribution is 2.30. The van der Waals surface area contributed by atoms with Crippen LogP contribution in [0.1, 0.15) is 0 Å². The summed E-state index contributed by atoms with van der Waals surface area (Å²) in [7, 11) is 0. The van der Waals surface area contributed by atoms with Crippen molar-refractivity contribution in [2.75, 3.05) is 4.43 Å². The second-order valence-electron chi connectivity index (χ2n) is 3.72. The van der Waals surface area contributed by atoms with Crippen LogP contribution in [-0.4, -0.2) is 19.2 Å². The van der Waals surface area contributed by atoms with E-state index >= 15 is 0 Å². The fraction of sp³-hybridized carbons (Fsp3) is 0.273. The molecule has 1 aliphatic heterocycles. The maximum absolute atomic E-state index is 12.2. The standard InChI is InChI=1S/C11H9IN2OS/c12-5-7-6-14-10(15)8-3-1-2-4-9(8)13-11(14)16-7/h1-4,7H,5-6H2. The molecule has 1 unspecified atom stereocenters. The average Bonchev–Trinajstić information content (AvgIpc) is 2.73. The van der Waals surface area contributed by atoms with E-state index in [0.717, 1.165) is 27.0 Å². The molecule has 3 nitrogen and oxygen atoms in total. The lowest BCUT2D eigenvalue weighted by atomic mass is 10.2. The first kappa shape index (κ1) is 10.6. The summed E-state index contributed by atoms with van der Waals surface area (Å²) >= 11 is 4.07. The van der Waals surface area contributed by atoms with Gasteiger partial charge in [0.15, 0.2) is 5.16 Å². The Bertz CT molecular complexity index is 610. The van der Waals surface area contributed by atoms with Gasteiger partial charge in [-0.05, 0) is 12.1 Å². The van der Waals surface area contributed by atoms with Crippen molar-refractivity contribution in [2.24, 2.45) is 0 Å². The quantitative estimate of drug-likeness (QED) is 0.452. The molecule has 0 saturated carbocycles. The molecule has 0 N–H and O–H groups in total. The van der Waals surface area contributed by atoms with Crippen LogP contribution < -0.4 is 5.56 Å². The highest BCUT2D eigenvalue weighted by molar-refractivity contribution is 14.1. The van der Waals surface area contributed by atoms with Crippen LogP contribution in [-0.2, 0) is 6.54 Å². The van der Waals surface area contributed by atoms with Gasteiger partial charge in [-0.1, -0.05) is 46.5 Å². The van der Waals surface area contributed by atoms with Gasteiger partial charge < -0.3 is 0 Å². The van der Waals surface area contributed by atoms with Gasteiger partial charge in [-0.3, -0.25) is 9.36 Å². The number of hydrogen-bond acceptors (Lipinski definition) is 3. The van der Waals surface area contributed by atoms with Crippen molar-refractivity contribution >= 4 is 45.3 Å². The highest BCUT2D eigenvalue weighted by Gasteiger charge is 2.24. The first-order valence-corrected chi connectivity index (χ1v) is 7.42. The molecule has 2 heterocycles. The smallest absolute Gasteiger partial charge is 0.262 e. The van der Waals surface area contributed by atoms with Gasteiger partial charge in [-0.15, -0.1) is 0 Å². The Morgan fingerprint density at radius 1 is 1.50 bits per heavy atom. The third-order valence-electron chi connectivity index (χ3n) is 2.66. The van der Waals surface area contributed by atoms with Gasteiger partial charge in [0.05, 0.1) is 10.9 Å². The number of aromatic nitrogens is 2. The normalized spacial score (nSPS) is 18.9. The van der Waals surface area contributed by atoms with E-state index < -0.39 is 0 Å². The molecule has 1 aromatic heterocycles. The molecular formula is C11H9IN2OS. The maximum atomic E-state index is 12.2. The van der Waals surface area contributed by atoms with Crippen molar-refractivity contribution in [3.05, 3.63) is 34.6 Å². The predicted molar refractivity (Wildman–Crippen MR) is 74.5 cm³/mol. The topological polar surface area (TPSA) is 34.9 Å². The third kappa shape index (κ3) is 1.57. The molecule has 1 aromatic carbocycles. The number of benzene rings is 1. The molecule has 3 rings (SSSR count). The predicted octanol–water partition coefficient (Wildman–Crippen LogP) is 2.31. The van der Waals surface area contributed by atoms with Crippen molar-refractivity contribution in [1.29, 1.82) is 0 Å². The second kappa shape index (κ2) is 4.03. The van der Waals surface area contributed by atoms with Crippen LogP contribution >= 0.6 is 34.4 Å². The van der Waals surface area contributed by atoms with E-state index in [2.05, 4.69) is 27.6 Å². The number of alkyl halides is 1. The summed E-state index contributed by atoms with van der Waals surface area (Å²) in [6, 6.07) is 7.55. The molecule has 0 fully saturated rings. The summed E-state index contributed by atoms with van der Waals surface area (Å²) in [5.74, 6) is 0. The molecule has 0 spiro atoms. The molecule has 0 amide bonds. The van der Waals surface area contributed by atoms with Crippen LogP contribution in [0.25, 0.3) is 10.9 Å². The number of rotatable bonds is 1. The number of halogens is 1. The number of fused-ring (bicyclic) bond motifs is 2. The van der Waals surface area contributed by atoms with Gasteiger partial charge in [0, 0.05) is 16.2 Å². The van der Waals surface area contributed by atoms with E-state index in [1.807, 2.05) is 24.3 Å². The van der Waals surface area contributed by atoms with Crippen LogP contribution in [0.4, 0.5) is 0 Å². The minimum absolute atomic E-state index is 0.0976. The largest absolute Gasteiger partial charge is 0.286 e. The van der Waals surface area contributed by atoms with Gasteiger partial charge in [-0.25, -0.2) is 4.98 Å². The average molecular weight is 344 g/mol. The zero-order chi connectivity index (χ0) is 11.1. The van der Waals surface area contributed by atoms with E-state index in [-0.39, 0.29) is 5.56 Å². The molecule has 2 aromatic rings. The van der Waals surface area contributed by atoms with Gasteiger partial charge in [0.25, 0.3) is 5.56 Å². The monoisotopic (exact) mass is 344 g/mol. The van der Waals surface area contributed by atoms with E-state index in [4.69, 9.17) is 0 Å². The second-order valence-corrected chi connectivity index (χ2v) is 5.87. The van der Waals surface area contributed by atoms with E-state index in [1.54, 1.807) is 16.3 Å². The summed E-state index contributed by atoms with van der Waals surface area (Å²) in [5, 5.41) is 2.07. The molecule has 82 valence electrons. The lowest BCUT2D eigenvalue weighted by Gasteiger charge is -2.02. The summed E-state index contributed by atoms with van der Waals surface area (Å²) in [6.07, 6.45) is 0. The Labute approximate surface area is 110 Å². The molecule has 0 aliphatic carbocycles. The molecule has 0 radical (unpaired) electrons. The number of thioether (sulfide) groups is 1. The maximum Gasteiger partial charge on any atom is 0.262 e. The molecule has 0 bridgehead atoms. The van der Waals surface area contributed by atoms with Crippen molar-refractivity contribution in [3.63, 3.8) is 0 Å². The van der Waals surface area contributed by atoms with Gasteiger partial charge in [0.1, 0.15) is 0 Å². The summed E-state index contributed by atoms with van der Waals surface area (Å²) in [5.41, 5.74) is 0.904. The number of hydrogen-bond donors (Lipinski definition) is 0. The number of nitrogens with zero attached hydrogens (tertiary/aromatic N) is 2. The summed E-state index contributed by atoms with van der Waals surface area (Å²) in [4.78, 5) is 16.7. The minimum Gasteiger partial charge on any atom is -0.286 e. The lowest BCUT2D eigenvalue weighted by molar-refractivity contribution is 0.633. The summed E-state index contributed by atoms with van der Waals surface area (Å²) < 4.78 is 2.85. The Balaban J connectivity index is 2.28. The van der Waals surface area contributed by atoms with Crippen LogP contribution in [0, 0.1) is 0 Å². The minimum atomic E-state index is 0.0976. The van der Waals surface area contributed by atoms with E-state index in [0.29, 0.717) is 5.25 Å². The lowest BCUT2D eigenvalue weighted by Crippen LogP contribution is -2.22. The fourth-order valence-electron chi connectivity index (χ4n) is 1.87. The van der Waals surface area contributed by atoms with E-state index in [9.17, 15) is 4.79 Å². The van der Waals surface area contributed by atoms with Crippen LogP contribution in [0.3, 0.4) is 0 Å². The molecule has 1 aliphatic rings. The first-order chi connectivity index (χ1) is 7.79. The summed E-state index contributed by atoms with van der Waals surface area (Å²) in [6.45, 7) is 0.791. The Kier molecular flexibility index (Phi) is 2.67. The molecular weight excluding hydrogens is 335 g/mol. The van der Waals surface area contributed by atoms with Crippen molar-refractivity contribution in [2.45, 2.75) is 17.0 Å². The van der Waals surface area contributed by atoms with Crippen LogP contribution in [0.2, 0.25) is 0 Å². The number of para-hydroxylation sites is 1. The Hall–Kier alpha value is -0.560. The molecule has 5 heteroatoms. The van der Waals surface area contributed by atoms with Gasteiger partial charge in [0.2, 0.25) is 0 Å². The van der Waals surface area contributed by atoms with Gasteiger partial charge in [-0.2, -0.15) is 0 Å².